The maximum atomic E-state index is 12.4. The van der Waals surface area contributed by atoms with Crippen LogP contribution in [-0.4, -0.2) is 11.1 Å². The van der Waals surface area contributed by atoms with Gasteiger partial charge in [-0.2, -0.15) is 5.23 Å². The van der Waals surface area contributed by atoms with Crippen LogP contribution in [0.2, 0.25) is 0 Å². The molecule has 0 aliphatic carbocycles. The van der Waals surface area contributed by atoms with Crippen molar-refractivity contribution in [2.75, 3.05) is 5.32 Å². The SMILES string of the molecule is Cc1cc([NH+]([O-])O)ccc1NC(=O)c1cc2ccccc2oc1=O. The number of benzene rings is 2. The number of hydrogen-bond acceptors (Lipinski definition) is 5. The highest BCUT2D eigenvalue weighted by Gasteiger charge is 2.15. The van der Waals surface area contributed by atoms with Crippen molar-refractivity contribution in [1.29, 1.82) is 0 Å². The van der Waals surface area contributed by atoms with Gasteiger partial charge in [0.25, 0.3) is 5.91 Å². The van der Waals surface area contributed by atoms with Gasteiger partial charge in [0.15, 0.2) is 5.69 Å². The van der Waals surface area contributed by atoms with Crippen molar-refractivity contribution in [2.45, 2.75) is 6.92 Å². The number of quaternary nitrogens is 1. The fourth-order valence-electron chi connectivity index (χ4n) is 2.35. The van der Waals surface area contributed by atoms with Gasteiger partial charge in [-0.05, 0) is 30.7 Å². The smallest absolute Gasteiger partial charge is 0.349 e. The van der Waals surface area contributed by atoms with Crippen LogP contribution in [0.5, 0.6) is 0 Å². The van der Waals surface area contributed by atoms with E-state index in [4.69, 9.17) is 9.62 Å². The average molecular weight is 326 g/mol. The van der Waals surface area contributed by atoms with Gasteiger partial charge in [0.2, 0.25) is 0 Å². The van der Waals surface area contributed by atoms with Crippen LogP contribution < -0.4 is 16.2 Å². The maximum absolute atomic E-state index is 12.4. The average Bonchev–Trinajstić information content (AvgIpc) is 2.55. The summed E-state index contributed by atoms with van der Waals surface area (Å²) in [5.41, 5.74) is 0.684. The third kappa shape index (κ3) is 3.04. The van der Waals surface area contributed by atoms with Crippen LogP contribution in [0.3, 0.4) is 0 Å². The summed E-state index contributed by atoms with van der Waals surface area (Å²) in [6, 6.07) is 12.7. The van der Waals surface area contributed by atoms with E-state index in [1.807, 2.05) is 0 Å². The van der Waals surface area contributed by atoms with Crippen LogP contribution in [0.1, 0.15) is 15.9 Å². The first-order valence-corrected chi connectivity index (χ1v) is 7.14. The first-order chi connectivity index (χ1) is 11.5. The van der Waals surface area contributed by atoms with Crippen molar-refractivity contribution in [3.05, 3.63) is 75.3 Å². The summed E-state index contributed by atoms with van der Waals surface area (Å²) < 4.78 is 5.14. The van der Waals surface area contributed by atoms with Gasteiger partial charge in [0.1, 0.15) is 11.1 Å². The number of fused-ring (bicyclic) bond motifs is 1. The largest absolute Gasteiger partial charge is 0.595 e. The molecule has 1 atom stereocenters. The topological polar surface area (TPSA) is 107 Å². The lowest BCUT2D eigenvalue weighted by Gasteiger charge is -2.14. The fraction of sp³-hybridized carbons (Fsp3) is 0.0588. The molecule has 1 heterocycles. The first-order valence-electron chi connectivity index (χ1n) is 7.14. The Hall–Kier alpha value is -3.00. The van der Waals surface area contributed by atoms with E-state index in [1.54, 1.807) is 31.2 Å². The molecule has 0 radical (unpaired) electrons. The number of hydrogen-bond donors (Lipinski definition) is 3. The highest BCUT2D eigenvalue weighted by molar-refractivity contribution is 6.05. The summed E-state index contributed by atoms with van der Waals surface area (Å²) in [6.07, 6.45) is 0. The molecule has 122 valence electrons. The van der Waals surface area contributed by atoms with Crippen LogP contribution in [0.4, 0.5) is 11.4 Å². The van der Waals surface area contributed by atoms with E-state index < -0.39 is 16.8 Å². The molecule has 0 bridgehead atoms. The van der Waals surface area contributed by atoms with Crippen LogP contribution in [-0.2, 0) is 0 Å². The molecule has 1 aromatic heterocycles. The number of rotatable bonds is 3. The van der Waals surface area contributed by atoms with Crippen LogP contribution in [0.25, 0.3) is 11.0 Å². The molecular weight excluding hydrogens is 312 g/mol. The van der Waals surface area contributed by atoms with Crippen LogP contribution >= 0.6 is 0 Å². The zero-order valence-electron chi connectivity index (χ0n) is 12.7. The minimum Gasteiger partial charge on any atom is -0.595 e. The molecule has 3 aromatic rings. The Labute approximate surface area is 136 Å². The molecule has 7 nitrogen and oxygen atoms in total. The lowest BCUT2D eigenvalue weighted by Crippen LogP contribution is -2.99. The predicted molar refractivity (Wildman–Crippen MR) is 87.4 cm³/mol. The molecule has 0 fully saturated rings. The molecular formula is C17H14N2O5. The molecule has 0 aliphatic rings. The molecule has 7 heteroatoms. The molecule has 2 aromatic carbocycles. The monoisotopic (exact) mass is 326 g/mol. The Bertz CT molecular complexity index is 978. The van der Waals surface area contributed by atoms with Crippen molar-refractivity contribution >= 4 is 28.3 Å². The molecule has 0 spiro atoms. The fourth-order valence-corrected chi connectivity index (χ4v) is 2.35. The summed E-state index contributed by atoms with van der Waals surface area (Å²) in [5.74, 6) is -0.610. The summed E-state index contributed by atoms with van der Waals surface area (Å²) in [4.78, 5) is 24.4. The number of aryl methyl sites for hydroxylation is 1. The molecule has 1 unspecified atom stereocenters. The van der Waals surface area contributed by atoms with Crippen molar-refractivity contribution in [2.24, 2.45) is 0 Å². The van der Waals surface area contributed by atoms with Gasteiger partial charge >= 0.3 is 5.63 Å². The van der Waals surface area contributed by atoms with Crippen LogP contribution in [0.15, 0.2) is 57.7 Å². The zero-order valence-corrected chi connectivity index (χ0v) is 12.7. The Morgan fingerprint density at radius 2 is 1.96 bits per heavy atom. The number of anilines is 1. The van der Waals surface area contributed by atoms with Gasteiger partial charge in [-0.25, -0.2) is 10.0 Å². The van der Waals surface area contributed by atoms with E-state index in [9.17, 15) is 14.8 Å². The number of nitrogens with one attached hydrogen (secondary N) is 2. The lowest BCUT2D eigenvalue weighted by atomic mass is 10.1. The van der Waals surface area contributed by atoms with E-state index in [1.165, 1.54) is 24.3 Å². The van der Waals surface area contributed by atoms with Gasteiger partial charge in [-0.3, -0.25) is 4.79 Å². The second-order valence-corrected chi connectivity index (χ2v) is 5.27. The Balaban J connectivity index is 1.93. The third-order valence-corrected chi connectivity index (χ3v) is 3.61. The van der Waals surface area contributed by atoms with Gasteiger partial charge < -0.3 is 14.9 Å². The molecule has 0 aliphatic heterocycles. The second-order valence-electron chi connectivity index (χ2n) is 5.27. The van der Waals surface area contributed by atoms with Gasteiger partial charge in [0.05, 0.1) is 0 Å². The molecule has 3 N–H and O–H groups in total. The zero-order chi connectivity index (χ0) is 17.3. The molecule has 3 rings (SSSR count). The number of carbonyl (C=O) groups is 1. The second kappa shape index (κ2) is 6.25. The number of para-hydroxylation sites is 1. The normalized spacial score (nSPS) is 12.1. The number of amides is 1. The molecule has 1 amide bonds. The van der Waals surface area contributed by atoms with E-state index >= 15 is 0 Å². The van der Waals surface area contributed by atoms with E-state index in [2.05, 4.69) is 5.32 Å². The Morgan fingerprint density at radius 1 is 1.21 bits per heavy atom. The molecule has 0 saturated heterocycles. The van der Waals surface area contributed by atoms with E-state index in [0.29, 0.717) is 22.2 Å². The lowest BCUT2D eigenvalue weighted by molar-refractivity contribution is -0.991. The highest BCUT2D eigenvalue weighted by Crippen LogP contribution is 2.19. The summed E-state index contributed by atoms with van der Waals surface area (Å²) in [6.45, 7) is 1.67. The summed E-state index contributed by atoms with van der Waals surface area (Å²) in [5, 5.41) is 22.1. The highest BCUT2D eigenvalue weighted by atomic mass is 16.8. The van der Waals surface area contributed by atoms with E-state index in [-0.39, 0.29) is 11.3 Å². The predicted octanol–water partition coefficient (Wildman–Crippen LogP) is 1.76. The van der Waals surface area contributed by atoms with E-state index in [0.717, 1.165) is 0 Å². The van der Waals surface area contributed by atoms with Crippen molar-refractivity contribution in [1.82, 2.24) is 0 Å². The number of carbonyl (C=O) groups excluding carboxylic acids is 1. The van der Waals surface area contributed by atoms with Gasteiger partial charge in [-0.15, -0.1) is 0 Å². The summed E-state index contributed by atoms with van der Waals surface area (Å²) >= 11 is 0. The van der Waals surface area contributed by atoms with Crippen LogP contribution in [0, 0.1) is 12.1 Å². The molecule has 24 heavy (non-hydrogen) atoms. The Morgan fingerprint density at radius 3 is 2.67 bits per heavy atom. The maximum Gasteiger partial charge on any atom is 0.349 e. The standard InChI is InChI=1S/C17H14N2O5/c1-10-8-12(19(22)23)6-7-14(10)18-16(20)13-9-11-4-2-3-5-15(11)24-17(13)21/h2-9,19,22H,1H3,(H,18,20). The Kier molecular flexibility index (Phi) is 4.13. The third-order valence-electron chi connectivity index (χ3n) is 3.61. The van der Waals surface area contributed by atoms with Crippen molar-refractivity contribution in [3.8, 4) is 0 Å². The quantitative estimate of drug-likeness (QED) is 0.502. The van der Waals surface area contributed by atoms with Gasteiger partial charge in [-0.1, -0.05) is 18.2 Å². The van der Waals surface area contributed by atoms with Crippen molar-refractivity contribution < 1.29 is 19.6 Å². The first kappa shape index (κ1) is 15.9. The summed E-state index contributed by atoms with van der Waals surface area (Å²) in [7, 11) is 0. The van der Waals surface area contributed by atoms with Crippen molar-refractivity contribution in [3.63, 3.8) is 0 Å². The van der Waals surface area contributed by atoms with Gasteiger partial charge in [0, 0.05) is 23.2 Å². The molecule has 0 saturated carbocycles. The minimum absolute atomic E-state index is 0.115. The minimum atomic E-state index is -1.05.